The minimum absolute atomic E-state index is 0.791. The van der Waals surface area contributed by atoms with Crippen molar-refractivity contribution >= 4 is 11.3 Å². The van der Waals surface area contributed by atoms with Gasteiger partial charge >= 0.3 is 0 Å². The Hall–Kier alpha value is -0.340. The molecule has 0 saturated carbocycles. The molecule has 0 aliphatic heterocycles. The van der Waals surface area contributed by atoms with E-state index in [9.17, 15) is 0 Å². The van der Waals surface area contributed by atoms with Crippen LogP contribution in [0.25, 0.3) is 0 Å². The van der Waals surface area contributed by atoms with Crippen LogP contribution >= 0.6 is 11.3 Å². The zero-order valence-electron chi connectivity index (χ0n) is 7.47. The minimum Gasteiger partial charge on any atom is -0.319 e. The fourth-order valence-corrected chi connectivity index (χ4v) is 3.12. The molecule has 0 bridgehead atoms. The lowest BCUT2D eigenvalue weighted by molar-refractivity contribution is 0.538. The number of fused-ring (bicyclic) bond motifs is 1. The molecule has 0 aromatic carbocycles. The molecular formula is C10H15NS. The van der Waals surface area contributed by atoms with Gasteiger partial charge in [0.05, 0.1) is 0 Å². The molecular weight excluding hydrogens is 166 g/mol. The van der Waals surface area contributed by atoms with E-state index in [2.05, 4.69) is 16.8 Å². The number of rotatable bonds is 2. The first kappa shape index (κ1) is 8.27. The summed E-state index contributed by atoms with van der Waals surface area (Å²) in [6, 6.07) is 2.29. The Morgan fingerprint density at radius 1 is 1.67 bits per heavy atom. The van der Waals surface area contributed by atoms with Crippen LogP contribution in [-0.2, 0) is 6.42 Å². The Bertz CT molecular complexity index is 254. The third-order valence-electron chi connectivity index (χ3n) is 2.60. The van der Waals surface area contributed by atoms with Crippen molar-refractivity contribution in [1.29, 1.82) is 0 Å². The van der Waals surface area contributed by atoms with Crippen molar-refractivity contribution in [1.82, 2.24) is 5.32 Å². The molecule has 1 nitrogen and oxygen atoms in total. The molecule has 1 aromatic heterocycles. The van der Waals surface area contributed by atoms with Crippen molar-refractivity contribution in [2.45, 2.75) is 25.2 Å². The Morgan fingerprint density at radius 3 is 3.42 bits per heavy atom. The number of hydrogen-bond acceptors (Lipinski definition) is 2. The molecule has 0 unspecified atom stereocenters. The molecule has 1 atom stereocenters. The summed E-state index contributed by atoms with van der Waals surface area (Å²) in [6.45, 7) is 1.15. The topological polar surface area (TPSA) is 12.0 Å². The highest BCUT2D eigenvalue weighted by Gasteiger charge is 2.20. The molecule has 1 aromatic rings. The summed E-state index contributed by atoms with van der Waals surface area (Å²) in [7, 11) is 2.04. The van der Waals surface area contributed by atoms with Crippen LogP contribution < -0.4 is 5.32 Å². The van der Waals surface area contributed by atoms with Crippen LogP contribution in [0.4, 0.5) is 0 Å². The van der Waals surface area contributed by atoms with Crippen LogP contribution in [0.2, 0.25) is 0 Å². The van der Waals surface area contributed by atoms with E-state index >= 15 is 0 Å². The third-order valence-corrected chi connectivity index (χ3v) is 3.72. The predicted octanol–water partition coefficient (Wildman–Crippen LogP) is 2.39. The standard InChI is InChI=1S/C10H15NS/c1-11-7-9-4-2-3-8-5-6-12-10(8)9/h5-6,9,11H,2-4,7H2,1H3/t9-/m0/s1. The van der Waals surface area contributed by atoms with Gasteiger partial charge in [-0.3, -0.25) is 0 Å². The van der Waals surface area contributed by atoms with E-state index in [-0.39, 0.29) is 0 Å². The quantitative estimate of drug-likeness (QED) is 0.738. The van der Waals surface area contributed by atoms with Gasteiger partial charge in [0, 0.05) is 17.3 Å². The summed E-state index contributed by atoms with van der Waals surface area (Å²) in [5, 5.41) is 5.51. The second-order valence-electron chi connectivity index (χ2n) is 3.46. The van der Waals surface area contributed by atoms with Gasteiger partial charge in [-0.15, -0.1) is 11.3 Å². The Kier molecular flexibility index (Phi) is 2.47. The number of likely N-dealkylation sites (N-methyl/N-ethyl adjacent to an activating group) is 1. The lowest BCUT2D eigenvalue weighted by Crippen LogP contribution is -2.19. The van der Waals surface area contributed by atoms with Crippen molar-refractivity contribution in [2.24, 2.45) is 0 Å². The molecule has 1 N–H and O–H groups in total. The minimum atomic E-state index is 0.791. The third kappa shape index (κ3) is 1.41. The molecule has 0 spiro atoms. The molecule has 0 amide bonds. The van der Waals surface area contributed by atoms with Crippen molar-refractivity contribution in [3.05, 3.63) is 21.9 Å². The van der Waals surface area contributed by atoms with Gasteiger partial charge in [0.15, 0.2) is 0 Å². The lowest BCUT2D eigenvalue weighted by Gasteiger charge is -2.21. The average Bonchev–Trinajstić information content (AvgIpc) is 2.53. The van der Waals surface area contributed by atoms with E-state index in [1.54, 1.807) is 10.4 Å². The summed E-state index contributed by atoms with van der Waals surface area (Å²) in [5.41, 5.74) is 1.60. The number of thiophene rings is 1. The average molecular weight is 181 g/mol. The first-order valence-corrected chi connectivity index (χ1v) is 5.50. The lowest BCUT2D eigenvalue weighted by atomic mass is 9.89. The van der Waals surface area contributed by atoms with Crippen molar-refractivity contribution in [3.8, 4) is 0 Å². The van der Waals surface area contributed by atoms with Crippen molar-refractivity contribution < 1.29 is 0 Å². The normalized spacial score (nSPS) is 22.2. The van der Waals surface area contributed by atoms with Crippen LogP contribution in [0.1, 0.15) is 29.2 Å². The number of hydrogen-bond donors (Lipinski definition) is 1. The monoisotopic (exact) mass is 181 g/mol. The van der Waals surface area contributed by atoms with Gasteiger partial charge < -0.3 is 5.32 Å². The summed E-state index contributed by atoms with van der Waals surface area (Å²) < 4.78 is 0. The smallest absolute Gasteiger partial charge is 0.0121 e. The molecule has 2 heteroatoms. The maximum Gasteiger partial charge on any atom is 0.0121 e. The highest BCUT2D eigenvalue weighted by molar-refractivity contribution is 7.10. The fraction of sp³-hybridized carbons (Fsp3) is 0.600. The predicted molar refractivity (Wildman–Crippen MR) is 53.9 cm³/mol. The molecule has 2 rings (SSSR count). The SMILES string of the molecule is CNC[C@@H]1CCCc2ccsc21. The summed E-state index contributed by atoms with van der Waals surface area (Å²) in [6.07, 6.45) is 4.05. The molecule has 12 heavy (non-hydrogen) atoms. The molecule has 66 valence electrons. The molecule has 0 fully saturated rings. The first-order chi connectivity index (χ1) is 5.92. The van der Waals surface area contributed by atoms with E-state index in [0.29, 0.717) is 0 Å². The highest BCUT2D eigenvalue weighted by atomic mass is 32.1. The fourth-order valence-electron chi connectivity index (χ4n) is 2.02. The van der Waals surface area contributed by atoms with E-state index < -0.39 is 0 Å². The van der Waals surface area contributed by atoms with Crippen LogP contribution in [-0.4, -0.2) is 13.6 Å². The van der Waals surface area contributed by atoms with Gasteiger partial charge in [-0.2, -0.15) is 0 Å². The second kappa shape index (κ2) is 3.58. The summed E-state index contributed by atoms with van der Waals surface area (Å²) in [4.78, 5) is 1.63. The van der Waals surface area contributed by atoms with Gasteiger partial charge in [-0.25, -0.2) is 0 Å². The van der Waals surface area contributed by atoms with E-state index in [4.69, 9.17) is 0 Å². The van der Waals surface area contributed by atoms with Gasteiger partial charge in [-0.1, -0.05) is 0 Å². The molecule has 1 aliphatic carbocycles. The van der Waals surface area contributed by atoms with Crippen LogP contribution in [0.3, 0.4) is 0 Å². The molecule has 0 saturated heterocycles. The second-order valence-corrected chi connectivity index (χ2v) is 4.40. The first-order valence-electron chi connectivity index (χ1n) is 4.62. The van der Waals surface area contributed by atoms with Gasteiger partial charge in [-0.05, 0) is 43.3 Å². The number of aryl methyl sites for hydroxylation is 1. The van der Waals surface area contributed by atoms with Crippen LogP contribution in [0.15, 0.2) is 11.4 Å². The van der Waals surface area contributed by atoms with Gasteiger partial charge in [0.1, 0.15) is 0 Å². The Balaban J connectivity index is 2.19. The molecule has 1 aliphatic rings. The maximum absolute atomic E-state index is 3.27. The van der Waals surface area contributed by atoms with Crippen LogP contribution in [0.5, 0.6) is 0 Å². The zero-order chi connectivity index (χ0) is 8.39. The van der Waals surface area contributed by atoms with E-state index in [1.165, 1.54) is 19.3 Å². The van der Waals surface area contributed by atoms with Gasteiger partial charge in [0.25, 0.3) is 0 Å². The highest BCUT2D eigenvalue weighted by Crippen LogP contribution is 2.34. The zero-order valence-corrected chi connectivity index (χ0v) is 8.29. The van der Waals surface area contributed by atoms with Crippen LogP contribution in [0, 0.1) is 0 Å². The van der Waals surface area contributed by atoms with E-state index in [1.807, 2.05) is 18.4 Å². The molecule has 1 heterocycles. The molecule has 0 radical (unpaired) electrons. The maximum atomic E-state index is 3.27. The summed E-state index contributed by atoms with van der Waals surface area (Å²) in [5.74, 6) is 0.791. The van der Waals surface area contributed by atoms with E-state index in [0.717, 1.165) is 12.5 Å². The Morgan fingerprint density at radius 2 is 2.58 bits per heavy atom. The van der Waals surface area contributed by atoms with Crippen molar-refractivity contribution in [2.75, 3.05) is 13.6 Å². The number of nitrogens with one attached hydrogen (secondary N) is 1. The van der Waals surface area contributed by atoms with Crippen molar-refractivity contribution in [3.63, 3.8) is 0 Å². The van der Waals surface area contributed by atoms with Gasteiger partial charge in [0.2, 0.25) is 0 Å². The largest absolute Gasteiger partial charge is 0.319 e. The Labute approximate surface area is 77.8 Å². The summed E-state index contributed by atoms with van der Waals surface area (Å²) >= 11 is 1.93.